The average molecular weight is 201 g/mol. The van der Waals surface area contributed by atoms with Gasteiger partial charge >= 0.3 is 0 Å². The van der Waals surface area contributed by atoms with Crippen LogP contribution < -0.4 is 0 Å². The van der Waals surface area contributed by atoms with Gasteiger partial charge in [-0.1, -0.05) is 0 Å². The standard InChI is InChI=1S/C10H19NOS/c1-8-6-10(12)4-5-11(8)9(2)7-13-3/h8-9H,4-7H2,1-3H3. The van der Waals surface area contributed by atoms with Gasteiger partial charge in [0.25, 0.3) is 0 Å². The van der Waals surface area contributed by atoms with Gasteiger partial charge in [0.05, 0.1) is 0 Å². The van der Waals surface area contributed by atoms with Gasteiger partial charge in [-0.25, -0.2) is 0 Å². The van der Waals surface area contributed by atoms with Crippen molar-refractivity contribution >= 4 is 17.5 Å². The summed E-state index contributed by atoms with van der Waals surface area (Å²) in [6, 6.07) is 1.06. The van der Waals surface area contributed by atoms with Crippen molar-refractivity contribution in [3.05, 3.63) is 0 Å². The third-order valence-electron chi connectivity index (χ3n) is 2.71. The van der Waals surface area contributed by atoms with Crippen LogP contribution in [0.5, 0.6) is 0 Å². The molecule has 0 radical (unpaired) electrons. The van der Waals surface area contributed by atoms with Gasteiger partial charge in [0.15, 0.2) is 0 Å². The first-order valence-corrected chi connectivity index (χ1v) is 6.31. The summed E-state index contributed by atoms with van der Waals surface area (Å²) in [6.45, 7) is 5.37. The third kappa shape index (κ3) is 2.99. The Morgan fingerprint density at radius 3 is 2.92 bits per heavy atom. The van der Waals surface area contributed by atoms with E-state index in [4.69, 9.17) is 0 Å². The molecule has 0 bridgehead atoms. The number of nitrogens with zero attached hydrogens (tertiary/aromatic N) is 1. The van der Waals surface area contributed by atoms with Crippen molar-refractivity contribution in [3.63, 3.8) is 0 Å². The molecule has 0 spiro atoms. The molecule has 1 fully saturated rings. The molecule has 76 valence electrons. The van der Waals surface area contributed by atoms with Crippen LogP contribution in [0.15, 0.2) is 0 Å². The van der Waals surface area contributed by atoms with E-state index in [1.165, 1.54) is 5.75 Å². The van der Waals surface area contributed by atoms with E-state index in [1.54, 1.807) is 0 Å². The summed E-state index contributed by atoms with van der Waals surface area (Å²) in [4.78, 5) is 13.6. The van der Waals surface area contributed by atoms with Crippen molar-refractivity contribution in [3.8, 4) is 0 Å². The van der Waals surface area contributed by atoms with Gasteiger partial charge in [-0.2, -0.15) is 11.8 Å². The molecule has 0 aliphatic carbocycles. The van der Waals surface area contributed by atoms with Gasteiger partial charge < -0.3 is 0 Å². The summed E-state index contributed by atoms with van der Waals surface area (Å²) in [6.07, 6.45) is 3.64. The van der Waals surface area contributed by atoms with E-state index in [2.05, 4.69) is 25.0 Å². The van der Waals surface area contributed by atoms with Gasteiger partial charge in [-0.05, 0) is 20.1 Å². The van der Waals surface area contributed by atoms with Crippen molar-refractivity contribution in [2.45, 2.75) is 38.8 Å². The van der Waals surface area contributed by atoms with Crippen molar-refractivity contribution in [2.75, 3.05) is 18.6 Å². The molecule has 1 saturated heterocycles. The smallest absolute Gasteiger partial charge is 0.135 e. The van der Waals surface area contributed by atoms with E-state index in [0.29, 0.717) is 17.9 Å². The molecule has 0 amide bonds. The Kier molecular flexibility index (Phi) is 4.26. The van der Waals surface area contributed by atoms with E-state index in [9.17, 15) is 4.79 Å². The normalized spacial score (nSPS) is 27.6. The van der Waals surface area contributed by atoms with Gasteiger partial charge in [-0.15, -0.1) is 0 Å². The molecule has 1 rings (SSSR count). The van der Waals surface area contributed by atoms with Crippen LogP contribution in [0.1, 0.15) is 26.7 Å². The van der Waals surface area contributed by atoms with Crippen molar-refractivity contribution in [1.29, 1.82) is 0 Å². The summed E-state index contributed by atoms with van der Waals surface area (Å²) in [5.74, 6) is 1.60. The molecule has 1 heterocycles. The highest BCUT2D eigenvalue weighted by molar-refractivity contribution is 7.98. The maximum Gasteiger partial charge on any atom is 0.135 e. The Labute approximate surface area is 85.1 Å². The predicted octanol–water partition coefficient (Wildman–Crippen LogP) is 1.79. The number of Topliss-reactive ketones (excluding diaryl/α,β-unsaturated/α-hetero) is 1. The molecule has 1 aliphatic rings. The summed E-state index contributed by atoms with van der Waals surface area (Å²) < 4.78 is 0. The van der Waals surface area contributed by atoms with Gasteiger partial charge in [0.1, 0.15) is 5.78 Å². The molecule has 0 aromatic carbocycles. The predicted molar refractivity (Wildman–Crippen MR) is 58.3 cm³/mol. The first kappa shape index (κ1) is 11.1. The molecule has 3 heteroatoms. The molecule has 0 N–H and O–H groups in total. The number of thioether (sulfide) groups is 1. The highest BCUT2D eigenvalue weighted by Crippen LogP contribution is 2.18. The van der Waals surface area contributed by atoms with Crippen LogP contribution >= 0.6 is 11.8 Å². The molecular weight excluding hydrogens is 182 g/mol. The molecule has 2 atom stereocenters. The fourth-order valence-corrected chi connectivity index (χ4v) is 2.69. The average Bonchev–Trinajstić information content (AvgIpc) is 2.04. The number of ketones is 1. The van der Waals surface area contributed by atoms with Crippen LogP contribution in [-0.4, -0.2) is 41.3 Å². The lowest BCUT2D eigenvalue weighted by Crippen LogP contribution is -2.47. The van der Waals surface area contributed by atoms with Crippen LogP contribution in [0.3, 0.4) is 0 Å². The number of hydrogen-bond donors (Lipinski definition) is 0. The maximum atomic E-state index is 11.2. The molecule has 2 unspecified atom stereocenters. The molecule has 0 saturated carbocycles. The van der Waals surface area contributed by atoms with Gasteiger partial charge in [-0.3, -0.25) is 9.69 Å². The molecule has 0 aromatic heterocycles. The largest absolute Gasteiger partial charge is 0.300 e. The van der Waals surface area contributed by atoms with Crippen molar-refractivity contribution in [2.24, 2.45) is 0 Å². The monoisotopic (exact) mass is 201 g/mol. The quantitative estimate of drug-likeness (QED) is 0.694. The fourth-order valence-electron chi connectivity index (χ4n) is 2.01. The Balaban J connectivity index is 2.45. The number of carbonyl (C=O) groups excluding carboxylic acids is 1. The lowest BCUT2D eigenvalue weighted by molar-refractivity contribution is -0.123. The lowest BCUT2D eigenvalue weighted by Gasteiger charge is -2.37. The number of piperidine rings is 1. The number of rotatable bonds is 3. The SMILES string of the molecule is CSCC(C)N1CCC(=O)CC1C. The molecule has 1 aliphatic heterocycles. The topological polar surface area (TPSA) is 20.3 Å². The summed E-state index contributed by atoms with van der Waals surface area (Å²) in [5, 5.41) is 0. The van der Waals surface area contributed by atoms with E-state index in [-0.39, 0.29) is 0 Å². The number of hydrogen-bond acceptors (Lipinski definition) is 3. The van der Waals surface area contributed by atoms with Crippen LogP contribution in [0.2, 0.25) is 0 Å². The molecule has 0 aromatic rings. The van der Waals surface area contributed by atoms with E-state index in [0.717, 1.165) is 19.4 Å². The third-order valence-corrected chi connectivity index (χ3v) is 3.53. The molecule has 2 nitrogen and oxygen atoms in total. The maximum absolute atomic E-state index is 11.2. The number of carbonyl (C=O) groups is 1. The fraction of sp³-hybridized carbons (Fsp3) is 0.900. The minimum atomic E-state index is 0.431. The lowest BCUT2D eigenvalue weighted by atomic mass is 10.0. The van der Waals surface area contributed by atoms with Gasteiger partial charge in [0, 0.05) is 37.2 Å². The van der Waals surface area contributed by atoms with Crippen molar-refractivity contribution < 1.29 is 4.79 Å². The van der Waals surface area contributed by atoms with E-state index in [1.807, 2.05) is 11.8 Å². The number of likely N-dealkylation sites (tertiary alicyclic amines) is 1. The summed E-state index contributed by atoms with van der Waals surface area (Å²) in [7, 11) is 0. The first-order valence-electron chi connectivity index (χ1n) is 4.91. The second kappa shape index (κ2) is 5.01. The molecule has 13 heavy (non-hydrogen) atoms. The zero-order valence-electron chi connectivity index (χ0n) is 8.75. The van der Waals surface area contributed by atoms with Crippen LogP contribution in [0.4, 0.5) is 0 Å². The van der Waals surface area contributed by atoms with Gasteiger partial charge in [0.2, 0.25) is 0 Å². The molecular formula is C10H19NOS. The Morgan fingerprint density at radius 2 is 2.38 bits per heavy atom. The summed E-state index contributed by atoms with van der Waals surface area (Å²) in [5.41, 5.74) is 0. The van der Waals surface area contributed by atoms with Crippen LogP contribution in [0, 0.1) is 0 Å². The van der Waals surface area contributed by atoms with E-state index >= 15 is 0 Å². The van der Waals surface area contributed by atoms with E-state index < -0.39 is 0 Å². The minimum absolute atomic E-state index is 0.431. The first-order chi connectivity index (χ1) is 6.15. The summed E-state index contributed by atoms with van der Waals surface area (Å²) >= 11 is 1.88. The van der Waals surface area contributed by atoms with Crippen LogP contribution in [0.25, 0.3) is 0 Å². The zero-order chi connectivity index (χ0) is 9.84. The Hall–Kier alpha value is -0.0200. The Bertz CT molecular complexity index is 184. The highest BCUT2D eigenvalue weighted by atomic mass is 32.2. The second-order valence-electron chi connectivity index (χ2n) is 3.88. The minimum Gasteiger partial charge on any atom is -0.300 e. The Morgan fingerprint density at radius 1 is 1.69 bits per heavy atom. The van der Waals surface area contributed by atoms with Crippen molar-refractivity contribution in [1.82, 2.24) is 4.90 Å². The van der Waals surface area contributed by atoms with Crippen LogP contribution in [-0.2, 0) is 4.79 Å². The second-order valence-corrected chi connectivity index (χ2v) is 4.79. The highest BCUT2D eigenvalue weighted by Gasteiger charge is 2.26. The zero-order valence-corrected chi connectivity index (χ0v) is 9.56.